The van der Waals surface area contributed by atoms with Crippen LogP contribution in [0.25, 0.3) is 0 Å². The molecule has 0 bridgehead atoms. The van der Waals surface area contributed by atoms with Crippen molar-refractivity contribution in [1.82, 2.24) is 4.90 Å². The number of benzene rings is 1. The predicted octanol–water partition coefficient (Wildman–Crippen LogP) is 3.05. The Bertz CT molecular complexity index is 570. The molecule has 1 heterocycles. The van der Waals surface area contributed by atoms with E-state index >= 15 is 0 Å². The molecule has 0 saturated carbocycles. The predicted molar refractivity (Wildman–Crippen MR) is 84.1 cm³/mol. The molecule has 4 nitrogen and oxygen atoms in total. The van der Waals surface area contributed by atoms with Crippen LogP contribution >= 0.6 is 15.9 Å². The minimum Gasteiger partial charge on any atom is -0.481 e. The van der Waals surface area contributed by atoms with Crippen molar-refractivity contribution in [2.75, 3.05) is 6.54 Å². The van der Waals surface area contributed by atoms with E-state index in [4.69, 9.17) is 0 Å². The minimum absolute atomic E-state index is 0.0168. The fourth-order valence-corrected chi connectivity index (χ4v) is 3.32. The van der Waals surface area contributed by atoms with Crippen molar-refractivity contribution in [1.29, 1.82) is 0 Å². The van der Waals surface area contributed by atoms with Crippen LogP contribution in [0.2, 0.25) is 0 Å². The van der Waals surface area contributed by atoms with Gasteiger partial charge in [-0.2, -0.15) is 0 Å². The van der Waals surface area contributed by atoms with Gasteiger partial charge in [0.2, 0.25) is 5.91 Å². The van der Waals surface area contributed by atoms with Crippen LogP contribution in [0, 0.1) is 5.92 Å². The first kappa shape index (κ1) is 16.0. The Labute approximate surface area is 133 Å². The van der Waals surface area contributed by atoms with Crippen LogP contribution < -0.4 is 0 Å². The summed E-state index contributed by atoms with van der Waals surface area (Å²) >= 11 is 3.43. The molecule has 2 rings (SSSR count). The number of nitrogens with zero attached hydrogens (tertiary/aromatic N) is 1. The highest BCUT2D eigenvalue weighted by Crippen LogP contribution is 2.33. The zero-order chi connectivity index (χ0) is 15.8. The smallest absolute Gasteiger partial charge is 0.308 e. The summed E-state index contributed by atoms with van der Waals surface area (Å²) in [5.41, 5.74) is 0.249. The summed E-state index contributed by atoms with van der Waals surface area (Å²) in [6, 6.07) is 7.43. The van der Waals surface area contributed by atoms with Gasteiger partial charge < -0.3 is 10.0 Å². The van der Waals surface area contributed by atoms with Gasteiger partial charge in [-0.05, 0) is 44.9 Å². The van der Waals surface area contributed by atoms with Crippen molar-refractivity contribution in [2.24, 2.45) is 5.92 Å². The molecule has 1 aromatic rings. The van der Waals surface area contributed by atoms with Crippen LogP contribution in [0.1, 0.15) is 32.8 Å². The molecule has 5 heteroatoms. The topological polar surface area (TPSA) is 57.6 Å². The first-order valence-corrected chi connectivity index (χ1v) is 7.84. The van der Waals surface area contributed by atoms with Gasteiger partial charge in [-0.15, -0.1) is 0 Å². The van der Waals surface area contributed by atoms with Crippen molar-refractivity contribution >= 4 is 27.8 Å². The Hall–Kier alpha value is -1.36. The molecule has 2 unspecified atom stereocenters. The van der Waals surface area contributed by atoms with Gasteiger partial charge in [0.15, 0.2) is 0 Å². The Morgan fingerprint density at radius 3 is 2.57 bits per heavy atom. The Balaban J connectivity index is 2.25. The number of rotatable bonds is 3. The quantitative estimate of drug-likeness (QED) is 0.908. The van der Waals surface area contributed by atoms with Crippen LogP contribution in [0.5, 0.6) is 0 Å². The molecule has 1 aliphatic heterocycles. The second-order valence-corrected chi connectivity index (χ2v) is 7.02. The molecule has 1 amide bonds. The van der Waals surface area contributed by atoms with Crippen molar-refractivity contribution in [3.05, 3.63) is 34.3 Å². The van der Waals surface area contributed by atoms with Gasteiger partial charge in [0.25, 0.3) is 0 Å². The molecule has 2 atom stereocenters. The number of aliphatic carboxylic acids is 1. The lowest BCUT2D eigenvalue weighted by Gasteiger charge is -2.33. The van der Waals surface area contributed by atoms with Crippen LogP contribution in [-0.2, 0) is 15.0 Å². The number of halogens is 1. The summed E-state index contributed by atoms with van der Waals surface area (Å²) in [6.07, 6.45) is 0.525. The van der Waals surface area contributed by atoms with Crippen molar-refractivity contribution in [2.45, 2.75) is 38.6 Å². The maximum Gasteiger partial charge on any atom is 0.308 e. The van der Waals surface area contributed by atoms with Crippen molar-refractivity contribution in [3.63, 3.8) is 0 Å². The van der Waals surface area contributed by atoms with Gasteiger partial charge >= 0.3 is 5.97 Å². The fourth-order valence-electron chi connectivity index (χ4n) is 2.92. The molecule has 114 valence electrons. The van der Waals surface area contributed by atoms with E-state index in [9.17, 15) is 14.7 Å². The number of carboxylic acids is 1. The molecular weight excluding hydrogens is 334 g/mol. The SMILES string of the molecule is CC1C(C(=O)O)CCN1C(=O)C(C)(C)c1cccc(Br)c1. The number of hydrogen-bond donors (Lipinski definition) is 1. The van der Waals surface area contributed by atoms with Gasteiger partial charge in [-0.1, -0.05) is 28.1 Å². The molecule has 1 fully saturated rings. The molecule has 21 heavy (non-hydrogen) atoms. The molecule has 0 radical (unpaired) electrons. The molecule has 1 aromatic carbocycles. The number of likely N-dealkylation sites (tertiary alicyclic amines) is 1. The average Bonchev–Trinajstić information content (AvgIpc) is 2.79. The minimum atomic E-state index is -0.821. The molecule has 1 N–H and O–H groups in total. The maximum absolute atomic E-state index is 12.9. The zero-order valence-electron chi connectivity index (χ0n) is 12.5. The third kappa shape index (κ3) is 2.98. The van der Waals surface area contributed by atoms with Crippen LogP contribution in [0.15, 0.2) is 28.7 Å². The van der Waals surface area contributed by atoms with E-state index in [0.29, 0.717) is 13.0 Å². The standard InChI is InChI=1S/C16H20BrNO3/c1-10-13(14(19)20)7-8-18(10)15(21)16(2,3)11-5-4-6-12(17)9-11/h4-6,9-10,13H,7-8H2,1-3H3,(H,19,20). The molecular formula is C16H20BrNO3. The number of carboxylic acid groups (broad SMARTS) is 1. The summed E-state index contributed by atoms with van der Waals surface area (Å²) < 4.78 is 0.929. The van der Waals surface area contributed by atoms with Crippen LogP contribution in [0.3, 0.4) is 0 Å². The summed E-state index contributed by atoms with van der Waals surface area (Å²) in [5, 5.41) is 9.20. The summed E-state index contributed by atoms with van der Waals surface area (Å²) in [7, 11) is 0. The summed E-state index contributed by atoms with van der Waals surface area (Å²) in [6.45, 7) is 6.10. The van der Waals surface area contributed by atoms with Gasteiger partial charge in [0, 0.05) is 17.1 Å². The highest BCUT2D eigenvalue weighted by Gasteiger charge is 2.43. The number of carbonyl (C=O) groups is 2. The molecule has 0 aromatic heterocycles. The maximum atomic E-state index is 12.9. The van der Waals surface area contributed by atoms with Crippen LogP contribution in [0.4, 0.5) is 0 Å². The van der Waals surface area contributed by atoms with E-state index in [2.05, 4.69) is 15.9 Å². The zero-order valence-corrected chi connectivity index (χ0v) is 14.1. The lowest BCUT2D eigenvalue weighted by Crippen LogP contribution is -2.46. The third-order valence-corrected chi connectivity index (χ3v) is 4.91. The Morgan fingerprint density at radius 2 is 2.05 bits per heavy atom. The highest BCUT2D eigenvalue weighted by molar-refractivity contribution is 9.10. The first-order valence-electron chi connectivity index (χ1n) is 7.05. The van der Waals surface area contributed by atoms with E-state index in [1.54, 1.807) is 4.90 Å². The van der Waals surface area contributed by atoms with E-state index in [-0.39, 0.29) is 11.9 Å². The fraction of sp³-hybridized carbons (Fsp3) is 0.500. The van der Waals surface area contributed by atoms with E-state index in [1.165, 1.54) is 0 Å². The molecule has 1 saturated heterocycles. The lowest BCUT2D eigenvalue weighted by atomic mass is 9.83. The van der Waals surface area contributed by atoms with Gasteiger partial charge in [-0.3, -0.25) is 9.59 Å². The summed E-state index contributed by atoms with van der Waals surface area (Å²) in [5.74, 6) is -1.30. The molecule has 0 spiro atoms. The van der Waals surface area contributed by atoms with E-state index in [0.717, 1.165) is 10.0 Å². The largest absolute Gasteiger partial charge is 0.481 e. The molecule has 1 aliphatic rings. The van der Waals surface area contributed by atoms with E-state index < -0.39 is 17.3 Å². The third-order valence-electron chi connectivity index (χ3n) is 4.41. The highest BCUT2D eigenvalue weighted by atomic mass is 79.9. The first-order chi connectivity index (χ1) is 9.75. The second-order valence-electron chi connectivity index (χ2n) is 6.11. The van der Waals surface area contributed by atoms with E-state index in [1.807, 2.05) is 45.0 Å². The van der Waals surface area contributed by atoms with Crippen molar-refractivity contribution in [3.8, 4) is 0 Å². The monoisotopic (exact) mass is 353 g/mol. The Morgan fingerprint density at radius 1 is 1.38 bits per heavy atom. The Kier molecular flexibility index (Phi) is 4.42. The second kappa shape index (κ2) is 5.79. The normalized spacial score (nSPS) is 22.4. The number of amides is 1. The van der Waals surface area contributed by atoms with Gasteiger partial charge in [-0.25, -0.2) is 0 Å². The van der Waals surface area contributed by atoms with Gasteiger partial charge in [0.05, 0.1) is 11.3 Å². The molecule has 0 aliphatic carbocycles. The number of carbonyl (C=O) groups excluding carboxylic acids is 1. The van der Waals surface area contributed by atoms with Crippen LogP contribution in [-0.4, -0.2) is 34.5 Å². The summed E-state index contributed by atoms with van der Waals surface area (Å²) in [4.78, 5) is 25.8. The number of hydrogen-bond acceptors (Lipinski definition) is 2. The lowest BCUT2D eigenvalue weighted by molar-refractivity contribution is -0.143. The average molecular weight is 354 g/mol. The van der Waals surface area contributed by atoms with Gasteiger partial charge in [0.1, 0.15) is 0 Å². The van der Waals surface area contributed by atoms with Crippen molar-refractivity contribution < 1.29 is 14.7 Å².